The summed E-state index contributed by atoms with van der Waals surface area (Å²) in [6.45, 7) is 3.62. The lowest BCUT2D eigenvalue weighted by molar-refractivity contribution is -0.135. The Morgan fingerprint density at radius 3 is 2.68 bits per heavy atom. The highest BCUT2D eigenvalue weighted by Crippen LogP contribution is 2.27. The molecule has 1 aromatic rings. The number of rotatable bonds is 3. The van der Waals surface area contributed by atoms with Gasteiger partial charge in [0.25, 0.3) is 0 Å². The number of hydrogen-bond acceptors (Lipinski definition) is 3. The van der Waals surface area contributed by atoms with Gasteiger partial charge < -0.3 is 10.0 Å². The Morgan fingerprint density at radius 2 is 1.95 bits per heavy atom. The van der Waals surface area contributed by atoms with Crippen molar-refractivity contribution in [1.82, 2.24) is 9.80 Å². The van der Waals surface area contributed by atoms with Gasteiger partial charge in [-0.3, -0.25) is 9.69 Å². The summed E-state index contributed by atoms with van der Waals surface area (Å²) >= 11 is 11.9. The smallest absolute Gasteiger partial charge is 0.225 e. The quantitative estimate of drug-likeness (QED) is 0.918. The Bertz CT molecular complexity index is 547. The van der Waals surface area contributed by atoms with Crippen LogP contribution >= 0.6 is 23.2 Å². The first-order chi connectivity index (χ1) is 10.5. The van der Waals surface area contributed by atoms with Crippen LogP contribution in [0.3, 0.4) is 0 Å². The Kier molecular flexibility index (Phi) is 4.93. The zero-order valence-electron chi connectivity index (χ0n) is 12.3. The van der Waals surface area contributed by atoms with E-state index >= 15 is 0 Å². The van der Waals surface area contributed by atoms with E-state index in [1.165, 1.54) is 6.42 Å². The van der Waals surface area contributed by atoms with E-state index in [0.29, 0.717) is 21.7 Å². The zero-order chi connectivity index (χ0) is 15.7. The van der Waals surface area contributed by atoms with E-state index in [4.69, 9.17) is 23.2 Å². The first kappa shape index (κ1) is 16.1. The first-order valence-corrected chi connectivity index (χ1v) is 8.44. The van der Waals surface area contributed by atoms with Crippen LogP contribution < -0.4 is 0 Å². The molecule has 3 rings (SSSR count). The van der Waals surface area contributed by atoms with Gasteiger partial charge in [-0.05, 0) is 43.1 Å². The van der Waals surface area contributed by atoms with Gasteiger partial charge in [0.05, 0.1) is 12.5 Å². The molecular formula is C16H20Cl2N2O2. The molecule has 0 bridgehead atoms. The van der Waals surface area contributed by atoms with Crippen molar-refractivity contribution in [3.8, 4) is 0 Å². The SMILES string of the molecule is O=C(CC(O)c1cc(Cl)cc(Cl)c1)N1CCN2CCCC2C1. The molecule has 0 aliphatic carbocycles. The van der Waals surface area contributed by atoms with E-state index in [-0.39, 0.29) is 12.3 Å². The fraction of sp³-hybridized carbons (Fsp3) is 0.562. The zero-order valence-corrected chi connectivity index (χ0v) is 13.9. The summed E-state index contributed by atoms with van der Waals surface area (Å²) in [4.78, 5) is 16.8. The van der Waals surface area contributed by atoms with E-state index in [1.54, 1.807) is 18.2 Å². The second kappa shape index (κ2) is 6.75. The fourth-order valence-electron chi connectivity index (χ4n) is 3.40. The van der Waals surface area contributed by atoms with Crippen molar-refractivity contribution in [1.29, 1.82) is 0 Å². The van der Waals surface area contributed by atoms with E-state index in [1.807, 2.05) is 4.90 Å². The van der Waals surface area contributed by atoms with Crippen LogP contribution in [0, 0.1) is 0 Å². The lowest BCUT2D eigenvalue weighted by atomic mass is 10.1. The highest BCUT2D eigenvalue weighted by molar-refractivity contribution is 6.34. The highest BCUT2D eigenvalue weighted by Gasteiger charge is 2.32. The topological polar surface area (TPSA) is 43.8 Å². The largest absolute Gasteiger partial charge is 0.388 e. The van der Waals surface area contributed by atoms with Crippen LogP contribution in [0.1, 0.15) is 30.9 Å². The van der Waals surface area contributed by atoms with Crippen LogP contribution in [0.5, 0.6) is 0 Å². The Hall–Kier alpha value is -0.810. The summed E-state index contributed by atoms with van der Waals surface area (Å²) in [5.41, 5.74) is 0.588. The number of piperazine rings is 1. The summed E-state index contributed by atoms with van der Waals surface area (Å²) in [5, 5.41) is 11.2. The molecule has 0 spiro atoms. The number of fused-ring (bicyclic) bond motifs is 1. The Balaban J connectivity index is 1.61. The third-order valence-corrected chi connectivity index (χ3v) is 5.01. The molecular weight excluding hydrogens is 323 g/mol. The molecule has 1 N–H and O–H groups in total. The second-order valence-electron chi connectivity index (χ2n) is 6.09. The van der Waals surface area contributed by atoms with Crippen molar-refractivity contribution in [3.63, 3.8) is 0 Å². The first-order valence-electron chi connectivity index (χ1n) is 7.69. The number of carbonyl (C=O) groups excluding carboxylic acids is 1. The average molecular weight is 343 g/mol. The molecule has 1 amide bonds. The van der Waals surface area contributed by atoms with E-state index in [0.717, 1.165) is 32.6 Å². The number of aliphatic hydroxyl groups excluding tert-OH is 1. The molecule has 120 valence electrons. The minimum atomic E-state index is -0.870. The third kappa shape index (κ3) is 3.57. The monoisotopic (exact) mass is 342 g/mol. The number of halogens is 2. The molecule has 2 unspecified atom stereocenters. The van der Waals surface area contributed by atoms with Gasteiger partial charge in [-0.15, -0.1) is 0 Å². The van der Waals surface area contributed by atoms with Crippen LogP contribution in [0.15, 0.2) is 18.2 Å². The van der Waals surface area contributed by atoms with Crippen molar-refractivity contribution >= 4 is 29.1 Å². The maximum absolute atomic E-state index is 12.4. The van der Waals surface area contributed by atoms with Gasteiger partial charge >= 0.3 is 0 Å². The molecule has 6 heteroatoms. The lowest BCUT2D eigenvalue weighted by Crippen LogP contribution is -2.52. The van der Waals surface area contributed by atoms with Gasteiger partial charge in [0.2, 0.25) is 5.91 Å². The molecule has 2 fully saturated rings. The Morgan fingerprint density at radius 1 is 1.23 bits per heavy atom. The minimum absolute atomic E-state index is 0.00449. The van der Waals surface area contributed by atoms with Gasteiger partial charge in [-0.25, -0.2) is 0 Å². The number of carbonyl (C=O) groups is 1. The van der Waals surface area contributed by atoms with E-state index < -0.39 is 6.10 Å². The van der Waals surface area contributed by atoms with Crippen molar-refractivity contribution in [3.05, 3.63) is 33.8 Å². The van der Waals surface area contributed by atoms with Crippen LogP contribution in [-0.4, -0.2) is 53.0 Å². The predicted octanol–water partition coefficient (Wildman–Crippen LogP) is 2.72. The summed E-state index contributed by atoms with van der Waals surface area (Å²) < 4.78 is 0. The normalized spacial score (nSPS) is 23.4. The molecule has 2 heterocycles. The molecule has 2 saturated heterocycles. The molecule has 2 atom stereocenters. The molecule has 0 saturated carbocycles. The van der Waals surface area contributed by atoms with Crippen molar-refractivity contribution in [2.45, 2.75) is 31.4 Å². The highest BCUT2D eigenvalue weighted by atomic mass is 35.5. The van der Waals surface area contributed by atoms with Crippen molar-refractivity contribution in [2.75, 3.05) is 26.2 Å². The van der Waals surface area contributed by atoms with Crippen LogP contribution in [-0.2, 0) is 4.79 Å². The lowest BCUT2D eigenvalue weighted by Gasteiger charge is -2.37. The molecule has 4 nitrogen and oxygen atoms in total. The third-order valence-electron chi connectivity index (χ3n) is 4.58. The van der Waals surface area contributed by atoms with Gasteiger partial charge in [0, 0.05) is 35.7 Å². The minimum Gasteiger partial charge on any atom is -0.388 e. The molecule has 2 aliphatic heterocycles. The Labute approximate surface area is 140 Å². The van der Waals surface area contributed by atoms with Gasteiger partial charge in [0.15, 0.2) is 0 Å². The maximum Gasteiger partial charge on any atom is 0.225 e. The molecule has 1 aromatic carbocycles. The summed E-state index contributed by atoms with van der Waals surface area (Å²) in [7, 11) is 0. The fourth-order valence-corrected chi connectivity index (χ4v) is 3.94. The van der Waals surface area contributed by atoms with Crippen LogP contribution in [0.2, 0.25) is 10.0 Å². The average Bonchev–Trinajstić information content (AvgIpc) is 2.93. The molecule has 22 heavy (non-hydrogen) atoms. The summed E-state index contributed by atoms with van der Waals surface area (Å²) in [5.74, 6) is -0.00449. The predicted molar refractivity (Wildman–Crippen MR) is 87.2 cm³/mol. The number of benzene rings is 1. The summed E-state index contributed by atoms with van der Waals surface area (Å²) in [6.07, 6.45) is 1.58. The van der Waals surface area contributed by atoms with Crippen molar-refractivity contribution in [2.24, 2.45) is 0 Å². The number of hydrogen-bond donors (Lipinski definition) is 1. The van der Waals surface area contributed by atoms with E-state index in [2.05, 4.69) is 4.90 Å². The summed E-state index contributed by atoms with van der Waals surface area (Å²) in [6, 6.07) is 5.41. The number of aliphatic hydroxyl groups is 1. The molecule has 0 radical (unpaired) electrons. The standard InChI is InChI=1S/C16H20Cl2N2O2/c17-12-6-11(7-13(18)8-12)15(21)9-16(22)20-5-4-19-3-1-2-14(19)10-20/h6-8,14-15,21H,1-5,9-10H2. The molecule has 2 aliphatic rings. The van der Waals surface area contributed by atoms with Crippen molar-refractivity contribution < 1.29 is 9.90 Å². The van der Waals surface area contributed by atoms with Gasteiger partial charge in [-0.1, -0.05) is 23.2 Å². The van der Waals surface area contributed by atoms with Gasteiger partial charge in [0.1, 0.15) is 0 Å². The van der Waals surface area contributed by atoms with Crippen LogP contribution in [0.4, 0.5) is 0 Å². The van der Waals surface area contributed by atoms with Crippen LogP contribution in [0.25, 0.3) is 0 Å². The number of amides is 1. The van der Waals surface area contributed by atoms with Gasteiger partial charge in [-0.2, -0.15) is 0 Å². The molecule has 0 aromatic heterocycles. The van der Waals surface area contributed by atoms with E-state index in [9.17, 15) is 9.90 Å². The number of nitrogens with zero attached hydrogens (tertiary/aromatic N) is 2. The maximum atomic E-state index is 12.4. The second-order valence-corrected chi connectivity index (χ2v) is 6.97.